The number of imidazole rings is 1. The highest BCUT2D eigenvalue weighted by Gasteiger charge is 2.20. The van der Waals surface area contributed by atoms with Crippen molar-refractivity contribution in [1.82, 2.24) is 14.9 Å². The molecule has 0 saturated heterocycles. The fourth-order valence-corrected chi connectivity index (χ4v) is 3.97. The first-order valence-corrected chi connectivity index (χ1v) is 11.6. The maximum absolute atomic E-state index is 12.4. The number of nitrogens with one attached hydrogen (secondary N) is 1. The van der Waals surface area contributed by atoms with E-state index in [-0.39, 0.29) is 12.5 Å². The SMILES string of the molecule is CCc1ccc(N(CC(=O)NCc2ccc(-n3ccnc3C)cc2)S(C)(=O)=O)cc1. The fourth-order valence-electron chi connectivity index (χ4n) is 3.11. The lowest BCUT2D eigenvalue weighted by Crippen LogP contribution is -2.40. The number of sulfonamides is 1. The molecule has 1 amide bonds. The van der Waals surface area contributed by atoms with Crippen molar-refractivity contribution in [2.45, 2.75) is 26.8 Å². The second kappa shape index (κ2) is 9.13. The van der Waals surface area contributed by atoms with Gasteiger partial charge in [-0.25, -0.2) is 13.4 Å². The minimum Gasteiger partial charge on any atom is -0.350 e. The molecule has 0 aliphatic rings. The number of nitrogens with zero attached hydrogens (tertiary/aromatic N) is 3. The third-order valence-corrected chi connectivity index (χ3v) is 5.99. The summed E-state index contributed by atoms with van der Waals surface area (Å²) in [7, 11) is -3.59. The van der Waals surface area contributed by atoms with E-state index in [2.05, 4.69) is 10.3 Å². The van der Waals surface area contributed by atoms with Gasteiger partial charge in [-0.2, -0.15) is 0 Å². The number of rotatable bonds is 8. The van der Waals surface area contributed by atoms with Crippen LogP contribution in [0, 0.1) is 6.92 Å². The molecule has 0 atom stereocenters. The molecule has 30 heavy (non-hydrogen) atoms. The monoisotopic (exact) mass is 426 g/mol. The van der Waals surface area contributed by atoms with Crippen LogP contribution in [0.3, 0.4) is 0 Å². The zero-order valence-corrected chi connectivity index (χ0v) is 18.2. The molecule has 0 radical (unpaired) electrons. The summed E-state index contributed by atoms with van der Waals surface area (Å²) in [6.45, 7) is 4.00. The van der Waals surface area contributed by atoms with E-state index < -0.39 is 10.0 Å². The number of hydrogen-bond donors (Lipinski definition) is 1. The van der Waals surface area contributed by atoms with Crippen LogP contribution >= 0.6 is 0 Å². The summed E-state index contributed by atoms with van der Waals surface area (Å²) in [5.74, 6) is 0.526. The largest absolute Gasteiger partial charge is 0.350 e. The quantitative estimate of drug-likeness (QED) is 0.600. The molecule has 0 unspecified atom stereocenters. The van der Waals surface area contributed by atoms with E-state index in [1.165, 1.54) is 0 Å². The lowest BCUT2D eigenvalue weighted by atomic mass is 10.1. The summed E-state index contributed by atoms with van der Waals surface area (Å²) in [6.07, 6.45) is 5.59. The maximum Gasteiger partial charge on any atom is 0.241 e. The van der Waals surface area contributed by atoms with Gasteiger partial charge in [0.1, 0.15) is 12.4 Å². The topological polar surface area (TPSA) is 84.3 Å². The summed E-state index contributed by atoms with van der Waals surface area (Å²) in [5.41, 5.74) is 3.48. The number of aryl methyl sites for hydroxylation is 2. The predicted octanol–water partition coefficient (Wildman–Crippen LogP) is 2.83. The van der Waals surface area contributed by atoms with Gasteiger partial charge >= 0.3 is 0 Å². The van der Waals surface area contributed by atoms with Crippen LogP contribution in [0.1, 0.15) is 23.9 Å². The van der Waals surface area contributed by atoms with Gasteiger partial charge in [-0.05, 0) is 48.7 Å². The molecule has 7 nitrogen and oxygen atoms in total. The van der Waals surface area contributed by atoms with Crippen molar-refractivity contribution in [3.8, 4) is 5.69 Å². The van der Waals surface area contributed by atoms with Crippen LogP contribution in [-0.2, 0) is 27.8 Å². The fraction of sp³-hybridized carbons (Fsp3) is 0.273. The molecule has 3 rings (SSSR count). The molecule has 0 fully saturated rings. The average molecular weight is 427 g/mol. The van der Waals surface area contributed by atoms with Crippen molar-refractivity contribution in [2.75, 3.05) is 17.1 Å². The molecular formula is C22H26N4O3S. The number of anilines is 1. The van der Waals surface area contributed by atoms with Gasteiger partial charge in [0.15, 0.2) is 0 Å². The summed E-state index contributed by atoms with van der Waals surface area (Å²) >= 11 is 0. The first kappa shape index (κ1) is 21.6. The number of carbonyl (C=O) groups is 1. The highest BCUT2D eigenvalue weighted by molar-refractivity contribution is 7.92. The number of hydrogen-bond acceptors (Lipinski definition) is 4. The molecule has 158 valence electrons. The Morgan fingerprint density at radius 3 is 2.23 bits per heavy atom. The number of aromatic nitrogens is 2. The van der Waals surface area contributed by atoms with Gasteiger partial charge in [-0.15, -0.1) is 0 Å². The van der Waals surface area contributed by atoms with Crippen molar-refractivity contribution in [3.05, 3.63) is 77.9 Å². The molecule has 0 saturated carbocycles. The molecule has 0 bridgehead atoms. The molecule has 1 N–H and O–H groups in total. The standard InChI is InChI=1S/C22H26N4O3S/c1-4-18-5-11-21(12-6-18)26(30(3,28)29)16-22(27)24-15-19-7-9-20(10-8-19)25-14-13-23-17(25)2/h5-14H,4,15-16H2,1-3H3,(H,24,27). The van der Waals surface area contributed by atoms with E-state index in [9.17, 15) is 13.2 Å². The molecule has 0 aliphatic carbocycles. The van der Waals surface area contributed by atoms with E-state index in [1.54, 1.807) is 18.3 Å². The van der Waals surface area contributed by atoms with Gasteiger partial charge in [0.2, 0.25) is 15.9 Å². The Balaban J connectivity index is 1.63. The number of amides is 1. The summed E-state index contributed by atoms with van der Waals surface area (Å²) in [5, 5.41) is 2.80. The van der Waals surface area contributed by atoms with Crippen molar-refractivity contribution >= 4 is 21.6 Å². The molecule has 1 heterocycles. The van der Waals surface area contributed by atoms with Gasteiger partial charge in [0, 0.05) is 24.6 Å². The number of carbonyl (C=O) groups excluding carboxylic acids is 1. The average Bonchev–Trinajstić information content (AvgIpc) is 3.16. The molecule has 8 heteroatoms. The first-order chi connectivity index (χ1) is 14.3. The minimum atomic E-state index is -3.59. The lowest BCUT2D eigenvalue weighted by molar-refractivity contribution is -0.119. The van der Waals surface area contributed by atoms with Crippen molar-refractivity contribution in [2.24, 2.45) is 0 Å². The van der Waals surface area contributed by atoms with Crippen LogP contribution in [0.15, 0.2) is 60.9 Å². The highest BCUT2D eigenvalue weighted by atomic mass is 32.2. The van der Waals surface area contributed by atoms with E-state index >= 15 is 0 Å². The Morgan fingerprint density at radius 1 is 1.07 bits per heavy atom. The van der Waals surface area contributed by atoms with Crippen LogP contribution in [-0.4, -0.2) is 36.7 Å². The van der Waals surface area contributed by atoms with Gasteiger partial charge in [0.25, 0.3) is 0 Å². The second-order valence-corrected chi connectivity index (χ2v) is 8.98. The Morgan fingerprint density at radius 2 is 1.70 bits per heavy atom. The molecule has 3 aromatic rings. The normalized spacial score (nSPS) is 11.3. The molecule has 0 spiro atoms. The van der Waals surface area contributed by atoms with Gasteiger partial charge in [-0.1, -0.05) is 31.2 Å². The summed E-state index contributed by atoms with van der Waals surface area (Å²) in [4.78, 5) is 16.6. The van der Waals surface area contributed by atoms with Crippen LogP contribution < -0.4 is 9.62 Å². The van der Waals surface area contributed by atoms with Crippen LogP contribution in [0.2, 0.25) is 0 Å². The lowest BCUT2D eigenvalue weighted by Gasteiger charge is -2.22. The molecule has 2 aromatic carbocycles. The van der Waals surface area contributed by atoms with E-state index in [0.29, 0.717) is 12.2 Å². The Labute approximate surface area is 177 Å². The van der Waals surface area contributed by atoms with Crippen molar-refractivity contribution in [3.63, 3.8) is 0 Å². The smallest absolute Gasteiger partial charge is 0.241 e. The third-order valence-electron chi connectivity index (χ3n) is 4.85. The minimum absolute atomic E-state index is 0.267. The van der Waals surface area contributed by atoms with Gasteiger partial charge in [-0.3, -0.25) is 9.10 Å². The Hall–Kier alpha value is -3.13. The molecule has 0 aliphatic heterocycles. The van der Waals surface area contributed by atoms with Crippen molar-refractivity contribution in [1.29, 1.82) is 0 Å². The first-order valence-electron chi connectivity index (χ1n) is 9.70. The molecule has 1 aromatic heterocycles. The van der Waals surface area contributed by atoms with Gasteiger partial charge < -0.3 is 9.88 Å². The third kappa shape index (κ3) is 5.27. The van der Waals surface area contributed by atoms with Crippen LogP contribution in [0.5, 0.6) is 0 Å². The summed E-state index contributed by atoms with van der Waals surface area (Å²) in [6, 6.07) is 14.9. The van der Waals surface area contributed by atoms with Crippen molar-refractivity contribution < 1.29 is 13.2 Å². The summed E-state index contributed by atoms with van der Waals surface area (Å²) < 4.78 is 27.5. The zero-order valence-electron chi connectivity index (χ0n) is 17.4. The van der Waals surface area contributed by atoms with E-state index in [4.69, 9.17) is 0 Å². The number of benzene rings is 2. The molecular weight excluding hydrogens is 400 g/mol. The maximum atomic E-state index is 12.4. The Bertz CT molecular complexity index is 1100. The van der Waals surface area contributed by atoms with Crippen LogP contribution in [0.25, 0.3) is 5.69 Å². The second-order valence-electron chi connectivity index (χ2n) is 7.08. The van der Waals surface area contributed by atoms with Gasteiger partial charge in [0.05, 0.1) is 11.9 Å². The Kier molecular flexibility index (Phi) is 6.56. The highest BCUT2D eigenvalue weighted by Crippen LogP contribution is 2.18. The predicted molar refractivity (Wildman–Crippen MR) is 118 cm³/mol. The van der Waals surface area contributed by atoms with Crippen LogP contribution in [0.4, 0.5) is 5.69 Å². The van der Waals surface area contributed by atoms with E-state index in [0.717, 1.165) is 39.6 Å². The van der Waals surface area contributed by atoms with E-state index in [1.807, 2.05) is 61.0 Å². The zero-order chi connectivity index (χ0) is 21.7.